The van der Waals surface area contributed by atoms with Crippen LogP contribution in [0.2, 0.25) is 0 Å². The molecule has 1 fully saturated rings. The number of rotatable bonds is 5. The molecule has 5 nitrogen and oxygen atoms in total. The van der Waals surface area contributed by atoms with Gasteiger partial charge in [-0.2, -0.15) is 0 Å². The van der Waals surface area contributed by atoms with E-state index in [-0.39, 0.29) is 11.1 Å². The van der Waals surface area contributed by atoms with E-state index in [0.29, 0.717) is 28.7 Å². The fraction of sp³-hybridized carbons (Fsp3) is 0.158. The molecular weight excluding hydrogens is 338 g/mol. The molecule has 0 spiro atoms. The lowest BCUT2D eigenvalue weighted by molar-refractivity contribution is -0.113. The predicted molar refractivity (Wildman–Crippen MR) is 99.1 cm³/mol. The minimum atomic E-state index is -0.332. The maximum Gasteiger partial charge on any atom is 0.298 e. The maximum absolute atomic E-state index is 12.6. The summed E-state index contributed by atoms with van der Waals surface area (Å²) in [5, 5.41) is -0.316. The molecule has 0 saturated carbocycles. The molecule has 2 aromatic rings. The first kappa shape index (κ1) is 17.1. The van der Waals surface area contributed by atoms with Crippen molar-refractivity contribution in [3.63, 3.8) is 0 Å². The Kier molecular flexibility index (Phi) is 5.09. The first-order valence-corrected chi connectivity index (χ1v) is 8.59. The van der Waals surface area contributed by atoms with Crippen LogP contribution in [0.4, 0.5) is 10.5 Å². The van der Waals surface area contributed by atoms with Crippen LogP contribution in [0.5, 0.6) is 11.5 Å². The Morgan fingerprint density at radius 3 is 2.52 bits per heavy atom. The van der Waals surface area contributed by atoms with Crippen molar-refractivity contribution in [1.82, 2.24) is 0 Å². The fourth-order valence-corrected chi connectivity index (χ4v) is 3.27. The quantitative estimate of drug-likeness (QED) is 0.747. The van der Waals surface area contributed by atoms with Crippen molar-refractivity contribution >= 4 is 34.7 Å². The number of imide groups is 1. The van der Waals surface area contributed by atoms with Crippen LogP contribution in [0.1, 0.15) is 12.5 Å². The second kappa shape index (κ2) is 7.44. The summed E-state index contributed by atoms with van der Waals surface area (Å²) in [7, 11) is 1.58. The Bertz CT molecular complexity index is 830. The number of benzene rings is 2. The van der Waals surface area contributed by atoms with Gasteiger partial charge in [-0.1, -0.05) is 12.1 Å². The van der Waals surface area contributed by atoms with Crippen molar-refractivity contribution in [2.24, 2.45) is 0 Å². The van der Waals surface area contributed by atoms with E-state index in [9.17, 15) is 9.59 Å². The second-order valence-corrected chi connectivity index (χ2v) is 6.21. The number of anilines is 1. The van der Waals surface area contributed by atoms with Crippen LogP contribution in [0.15, 0.2) is 53.4 Å². The lowest BCUT2D eigenvalue weighted by atomic mass is 10.2. The zero-order valence-corrected chi connectivity index (χ0v) is 14.7. The Balaban J connectivity index is 1.85. The highest BCUT2D eigenvalue weighted by molar-refractivity contribution is 8.19. The first-order valence-electron chi connectivity index (χ1n) is 7.77. The number of hydrogen-bond acceptors (Lipinski definition) is 5. The number of hydrogen-bond donors (Lipinski definition) is 0. The van der Waals surface area contributed by atoms with Gasteiger partial charge in [0.25, 0.3) is 11.1 Å². The van der Waals surface area contributed by atoms with Crippen LogP contribution < -0.4 is 14.4 Å². The molecule has 2 aromatic carbocycles. The summed E-state index contributed by atoms with van der Waals surface area (Å²) in [6, 6.07) is 14.2. The van der Waals surface area contributed by atoms with E-state index < -0.39 is 0 Å². The monoisotopic (exact) mass is 355 g/mol. The van der Waals surface area contributed by atoms with Crippen molar-refractivity contribution in [3.8, 4) is 11.5 Å². The Labute approximate surface area is 150 Å². The summed E-state index contributed by atoms with van der Waals surface area (Å²) in [4.78, 5) is 26.5. The van der Waals surface area contributed by atoms with E-state index in [2.05, 4.69) is 0 Å². The van der Waals surface area contributed by atoms with Gasteiger partial charge in [-0.3, -0.25) is 9.59 Å². The summed E-state index contributed by atoms with van der Waals surface area (Å²) >= 11 is 0.926. The summed E-state index contributed by atoms with van der Waals surface area (Å²) in [5.74, 6) is 1.06. The van der Waals surface area contributed by atoms with Crippen LogP contribution in [-0.4, -0.2) is 24.9 Å². The Morgan fingerprint density at radius 1 is 1.08 bits per heavy atom. The number of thioether (sulfide) groups is 1. The molecular formula is C19H17NO4S. The van der Waals surface area contributed by atoms with Crippen LogP contribution in [-0.2, 0) is 4.79 Å². The molecule has 6 heteroatoms. The maximum atomic E-state index is 12.6. The molecule has 1 aliphatic rings. The fourth-order valence-electron chi connectivity index (χ4n) is 2.43. The second-order valence-electron chi connectivity index (χ2n) is 5.22. The van der Waals surface area contributed by atoms with Gasteiger partial charge in [-0.15, -0.1) is 0 Å². The highest BCUT2D eigenvalue weighted by atomic mass is 32.2. The smallest absolute Gasteiger partial charge is 0.298 e. The lowest BCUT2D eigenvalue weighted by Crippen LogP contribution is -2.27. The zero-order valence-electron chi connectivity index (χ0n) is 13.9. The summed E-state index contributed by atoms with van der Waals surface area (Å²) < 4.78 is 10.6. The zero-order chi connectivity index (χ0) is 17.8. The first-order chi connectivity index (χ1) is 12.1. The molecule has 128 valence electrons. The van der Waals surface area contributed by atoms with Crippen molar-refractivity contribution < 1.29 is 19.1 Å². The van der Waals surface area contributed by atoms with Crippen molar-refractivity contribution in [2.45, 2.75) is 6.92 Å². The highest BCUT2D eigenvalue weighted by Gasteiger charge is 2.36. The van der Waals surface area contributed by atoms with Crippen LogP contribution >= 0.6 is 11.8 Å². The Morgan fingerprint density at radius 2 is 1.84 bits per heavy atom. The largest absolute Gasteiger partial charge is 0.497 e. The van der Waals surface area contributed by atoms with E-state index >= 15 is 0 Å². The standard InChI is InChI=1S/C19H17NO4S/c1-3-24-15-9-7-14(8-10-15)20-18(21)17(25-19(20)22)12-13-5-4-6-16(11-13)23-2/h4-12H,3H2,1-2H3/b17-12-. The van der Waals surface area contributed by atoms with E-state index in [1.807, 2.05) is 31.2 Å². The van der Waals surface area contributed by atoms with Gasteiger partial charge in [0, 0.05) is 0 Å². The number of methoxy groups -OCH3 is 1. The molecule has 2 amide bonds. The van der Waals surface area contributed by atoms with Gasteiger partial charge in [0.2, 0.25) is 0 Å². The Hall–Kier alpha value is -2.73. The number of carbonyl (C=O) groups is 2. The predicted octanol–water partition coefficient (Wildman–Crippen LogP) is 4.33. The molecule has 25 heavy (non-hydrogen) atoms. The third-order valence-corrected chi connectivity index (χ3v) is 4.46. The SMILES string of the molecule is CCOc1ccc(N2C(=O)S/C(=C\c3cccc(OC)c3)C2=O)cc1. The molecule has 0 aromatic heterocycles. The van der Waals surface area contributed by atoms with Crippen LogP contribution in [0.3, 0.4) is 0 Å². The topological polar surface area (TPSA) is 55.8 Å². The van der Waals surface area contributed by atoms with Crippen LogP contribution in [0.25, 0.3) is 6.08 Å². The summed E-state index contributed by atoms with van der Waals surface area (Å²) in [5.41, 5.74) is 1.33. The van der Waals surface area contributed by atoms with E-state index in [1.54, 1.807) is 37.5 Å². The number of amides is 2. The van der Waals surface area contributed by atoms with Crippen LogP contribution in [0, 0.1) is 0 Å². The molecule has 0 N–H and O–H groups in total. The average Bonchev–Trinajstić information content (AvgIpc) is 2.90. The number of carbonyl (C=O) groups excluding carboxylic acids is 2. The highest BCUT2D eigenvalue weighted by Crippen LogP contribution is 2.36. The number of ether oxygens (including phenoxy) is 2. The molecule has 1 heterocycles. The third kappa shape index (κ3) is 3.69. The van der Waals surface area contributed by atoms with Crippen molar-refractivity contribution in [1.29, 1.82) is 0 Å². The van der Waals surface area contributed by atoms with Crippen molar-refractivity contribution in [2.75, 3.05) is 18.6 Å². The average molecular weight is 355 g/mol. The van der Waals surface area contributed by atoms with Crippen molar-refractivity contribution in [3.05, 3.63) is 59.0 Å². The minimum absolute atomic E-state index is 0.316. The van der Waals surface area contributed by atoms with Gasteiger partial charge in [-0.25, -0.2) is 4.90 Å². The molecule has 0 bridgehead atoms. The lowest BCUT2D eigenvalue weighted by Gasteiger charge is -2.13. The van der Waals surface area contributed by atoms with E-state index in [0.717, 1.165) is 17.3 Å². The van der Waals surface area contributed by atoms with E-state index in [1.165, 1.54) is 4.90 Å². The minimum Gasteiger partial charge on any atom is -0.497 e. The molecule has 3 rings (SSSR count). The van der Waals surface area contributed by atoms with Gasteiger partial charge >= 0.3 is 0 Å². The molecule has 0 aliphatic carbocycles. The number of nitrogens with zero attached hydrogens (tertiary/aromatic N) is 1. The summed E-state index contributed by atoms with van der Waals surface area (Å²) in [6.45, 7) is 2.46. The normalized spacial score (nSPS) is 15.8. The van der Waals surface area contributed by atoms with E-state index in [4.69, 9.17) is 9.47 Å². The molecule has 0 atom stereocenters. The van der Waals surface area contributed by atoms with Gasteiger partial charge < -0.3 is 9.47 Å². The molecule has 1 aliphatic heterocycles. The molecule has 0 unspecified atom stereocenters. The van der Waals surface area contributed by atoms with Gasteiger partial charge in [0.1, 0.15) is 11.5 Å². The summed E-state index contributed by atoms with van der Waals surface area (Å²) in [6.07, 6.45) is 1.70. The third-order valence-electron chi connectivity index (χ3n) is 3.59. The van der Waals surface area contributed by atoms with Gasteiger partial charge in [-0.05, 0) is 66.7 Å². The molecule has 0 radical (unpaired) electrons. The molecule has 1 saturated heterocycles. The van der Waals surface area contributed by atoms with Gasteiger partial charge in [0.15, 0.2) is 0 Å². The van der Waals surface area contributed by atoms with Gasteiger partial charge in [0.05, 0.1) is 24.3 Å².